The highest BCUT2D eigenvalue weighted by molar-refractivity contribution is 5.79. The van der Waals surface area contributed by atoms with Crippen molar-refractivity contribution in [1.82, 2.24) is 9.89 Å². The summed E-state index contributed by atoms with van der Waals surface area (Å²) in [4.78, 5) is 11.7. The van der Waals surface area contributed by atoms with Crippen LogP contribution in [0.4, 0.5) is 4.79 Å². The first-order valence-electron chi connectivity index (χ1n) is 3.19. The van der Waals surface area contributed by atoms with Crippen LogP contribution in [-0.2, 0) is 0 Å². The predicted molar refractivity (Wildman–Crippen MR) is 40.6 cm³/mol. The topological polar surface area (TPSA) is 72.9 Å². The zero-order valence-corrected chi connectivity index (χ0v) is 6.46. The molecule has 1 aromatic rings. The molecule has 0 fully saturated rings. The number of amides is 2. The van der Waals surface area contributed by atoms with Gasteiger partial charge in [-0.05, 0) is 19.9 Å². The standard InChI is InChI=1S/C6H10N4O/c1-4-3-5(2)10(8-4)9-6(7)11/h3H,1-2H3,(H3,7,9,11). The van der Waals surface area contributed by atoms with Crippen molar-refractivity contribution in [3.63, 3.8) is 0 Å². The molecule has 0 aliphatic carbocycles. The fourth-order valence-electron chi connectivity index (χ4n) is 0.846. The number of primary amides is 1. The van der Waals surface area contributed by atoms with Crippen LogP contribution in [0, 0.1) is 13.8 Å². The second-order valence-corrected chi connectivity index (χ2v) is 2.31. The quantitative estimate of drug-likeness (QED) is 0.603. The fourth-order valence-corrected chi connectivity index (χ4v) is 0.846. The van der Waals surface area contributed by atoms with Gasteiger partial charge in [0.2, 0.25) is 0 Å². The highest BCUT2D eigenvalue weighted by Gasteiger charge is 2.00. The van der Waals surface area contributed by atoms with Gasteiger partial charge in [-0.3, -0.25) is 0 Å². The van der Waals surface area contributed by atoms with Crippen LogP contribution in [0.2, 0.25) is 0 Å². The first-order chi connectivity index (χ1) is 5.09. The van der Waals surface area contributed by atoms with Gasteiger partial charge < -0.3 is 5.73 Å². The fraction of sp³-hybridized carbons (Fsp3) is 0.333. The Morgan fingerprint density at radius 3 is 2.73 bits per heavy atom. The minimum absolute atomic E-state index is 0.615. The van der Waals surface area contributed by atoms with E-state index in [1.807, 2.05) is 19.9 Å². The lowest BCUT2D eigenvalue weighted by Gasteiger charge is -2.01. The molecule has 0 unspecified atom stereocenters. The molecule has 2 amide bonds. The maximum atomic E-state index is 10.4. The Morgan fingerprint density at radius 1 is 1.73 bits per heavy atom. The van der Waals surface area contributed by atoms with Gasteiger partial charge in [-0.25, -0.2) is 10.2 Å². The molecule has 0 aliphatic heterocycles. The predicted octanol–water partition coefficient (Wildman–Crippen LogP) is 0.122. The van der Waals surface area contributed by atoms with Crippen LogP contribution < -0.4 is 11.2 Å². The van der Waals surface area contributed by atoms with Crippen molar-refractivity contribution in [2.24, 2.45) is 5.73 Å². The molecule has 0 spiro atoms. The van der Waals surface area contributed by atoms with Gasteiger partial charge in [-0.15, -0.1) is 0 Å². The van der Waals surface area contributed by atoms with Crippen LogP contribution >= 0.6 is 0 Å². The molecular weight excluding hydrogens is 144 g/mol. The van der Waals surface area contributed by atoms with Crippen LogP contribution in [0.15, 0.2) is 6.07 Å². The van der Waals surface area contributed by atoms with E-state index >= 15 is 0 Å². The van der Waals surface area contributed by atoms with E-state index in [4.69, 9.17) is 5.73 Å². The zero-order valence-electron chi connectivity index (χ0n) is 6.46. The second kappa shape index (κ2) is 2.61. The summed E-state index contributed by atoms with van der Waals surface area (Å²) in [5, 5.41) is 3.96. The average Bonchev–Trinajstić information content (AvgIpc) is 2.09. The van der Waals surface area contributed by atoms with Crippen molar-refractivity contribution >= 4 is 6.03 Å². The van der Waals surface area contributed by atoms with E-state index in [-0.39, 0.29) is 0 Å². The van der Waals surface area contributed by atoms with Crippen LogP contribution in [0.3, 0.4) is 0 Å². The minimum atomic E-state index is -0.615. The molecule has 3 N–H and O–H groups in total. The van der Waals surface area contributed by atoms with Crippen molar-refractivity contribution in [2.75, 3.05) is 5.43 Å². The number of hydrogen-bond donors (Lipinski definition) is 2. The van der Waals surface area contributed by atoms with Crippen LogP contribution in [0.5, 0.6) is 0 Å². The number of aryl methyl sites for hydroxylation is 2. The van der Waals surface area contributed by atoms with Crippen molar-refractivity contribution in [1.29, 1.82) is 0 Å². The molecule has 1 heterocycles. The molecule has 60 valence electrons. The molecular formula is C6H10N4O. The van der Waals surface area contributed by atoms with Crippen molar-refractivity contribution in [3.8, 4) is 0 Å². The lowest BCUT2D eigenvalue weighted by Crippen LogP contribution is -2.29. The average molecular weight is 154 g/mol. The smallest absolute Gasteiger partial charge is 0.332 e. The normalized spacial score (nSPS) is 9.64. The number of nitrogens with two attached hydrogens (primary N) is 1. The van der Waals surface area contributed by atoms with E-state index in [0.29, 0.717) is 0 Å². The van der Waals surface area contributed by atoms with Crippen molar-refractivity contribution in [2.45, 2.75) is 13.8 Å². The largest absolute Gasteiger partial charge is 0.350 e. The van der Waals surface area contributed by atoms with Gasteiger partial charge in [-0.2, -0.15) is 9.89 Å². The SMILES string of the molecule is Cc1cc(C)n(NC(N)=O)n1. The van der Waals surface area contributed by atoms with E-state index < -0.39 is 6.03 Å². The van der Waals surface area contributed by atoms with E-state index in [9.17, 15) is 4.79 Å². The Kier molecular flexibility index (Phi) is 1.80. The molecule has 0 bridgehead atoms. The Labute approximate surface area is 64.2 Å². The van der Waals surface area contributed by atoms with Gasteiger partial charge in [0.15, 0.2) is 0 Å². The van der Waals surface area contributed by atoms with E-state index in [1.165, 1.54) is 4.79 Å². The summed E-state index contributed by atoms with van der Waals surface area (Å²) in [7, 11) is 0. The van der Waals surface area contributed by atoms with Crippen molar-refractivity contribution < 1.29 is 4.79 Å². The van der Waals surface area contributed by atoms with Crippen molar-refractivity contribution in [3.05, 3.63) is 17.5 Å². The molecule has 1 rings (SSSR count). The molecule has 0 saturated carbocycles. The van der Waals surface area contributed by atoms with Crippen LogP contribution in [-0.4, -0.2) is 15.9 Å². The highest BCUT2D eigenvalue weighted by atomic mass is 16.2. The summed E-state index contributed by atoms with van der Waals surface area (Å²) in [6.07, 6.45) is 0. The minimum Gasteiger partial charge on any atom is -0.350 e. The number of hydrogen-bond acceptors (Lipinski definition) is 2. The molecule has 5 heteroatoms. The maximum Gasteiger partial charge on any atom is 0.332 e. The molecule has 0 aromatic carbocycles. The second-order valence-electron chi connectivity index (χ2n) is 2.31. The summed E-state index contributed by atoms with van der Waals surface area (Å²) in [5.74, 6) is 0. The van der Waals surface area contributed by atoms with Gasteiger partial charge in [0.25, 0.3) is 0 Å². The Hall–Kier alpha value is -1.52. The molecule has 11 heavy (non-hydrogen) atoms. The Morgan fingerprint density at radius 2 is 2.36 bits per heavy atom. The molecule has 0 aliphatic rings. The molecule has 0 atom stereocenters. The Bertz CT molecular complexity index is 278. The zero-order chi connectivity index (χ0) is 8.43. The molecule has 5 nitrogen and oxygen atoms in total. The lowest BCUT2D eigenvalue weighted by atomic mass is 10.4. The third-order valence-electron chi connectivity index (χ3n) is 1.23. The number of nitrogens with one attached hydrogen (secondary N) is 1. The summed E-state index contributed by atoms with van der Waals surface area (Å²) < 4.78 is 0. The highest BCUT2D eigenvalue weighted by Crippen LogP contribution is 1.97. The molecule has 0 saturated heterocycles. The maximum absolute atomic E-state index is 10.4. The third kappa shape index (κ3) is 1.70. The third-order valence-corrected chi connectivity index (χ3v) is 1.23. The van der Waals surface area contributed by atoms with Gasteiger partial charge in [0, 0.05) is 0 Å². The number of carbonyl (C=O) groups excluding carboxylic acids is 1. The van der Waals surface area contributed by atoms with Gasteiger partial charge in [0.1, 0.15) is 0 Å². The number of aromatic nitrogens is 2. The summed E-state index contributed by atoms with van der Waals surface area (Å²) in [5.41, 5.74) is 8.92. The van der Waals surface area contributed by atoms with Gasteiger partial charge >= 0.3 is 6.03 Å². The first kappa shape index (κ1) is 7.59. The summed E-state index contributed by atoms with van der Waals surface area (Å²) in [6.45, 7) is 3.67. The number of urea groups is 1. The first-order valence-corrected chi connectivity index (χ1v) is 3.19. The number of rotatable bonds is 1. The van der Waals surface area contributed by atoms with Gasteiger partial charge in [-0.1, -0.05) is 0 Å². The van der Waals surface area contributed by atoms with Gasteiger partial charge in [0.05, 0.1) is 11.4 Å². The summed E-state index contributed by atoms with van der Waals surface area (Å²) in [6, 6.07) is 1.23. The van der Waals surface area contributed by atoms with E-state index in [2.05, 4.69) is 10.5 Å². The van der Waals surface area contributed by atoms with Crippen LogP contribution in [0.25, 0.3) is 0 Å². The number of nitrogens with zero attached hydrogens (tertiary/aromatic N) is 2. The lowest BCUT2D eigenvalue weighted by molar-refractivity contribution is 0.256. The molecule has 0 radical (unpaired) electrons. The monoisotopic (exact) mass is 154 g/mol. The number of carbonyl (C=O) groups is 1. The van der Waals surface area contributed by atoms with E-state index in [0.717, 1.165) is 11.4 Å². The summed E-state index contributed by atoms with van der Waals surface area (Å²) >= 11 is 0. The van der Waals surface area contributed by atoms with Crippen LogP contribution in [0.1, 0.15) is 11.4 Å². The Balaban J connectivity index is 2.85. The molecule has 1 aromatic heterocycles. The van der Waals surface area contributed by atoms with E-state index in [1.54, 1.807) is 0 Å².